The summed E-state index contributed by atoms with van der Waals surface area (Å²) in [5, 5.41) is 19.7. The molecule has 2 amide bonds. The number of benzene rings is 3. The van der Waals surface area contributed by atoms with E-state index < -0.39 is 18.1 Å². The third-order valence-corrected chi connectivity index (χ3v) is 7.66. The molecule has 6 nitrogen and oxygen atoms in total. The lowest BCUT2D eigenvalue weighted by Crippen LogP contribution is -2.59. The van der Waals surface area contributed by atoms with E-state index in [1.54, 1.807) is 43.1 Å². The van der Waals surface area contributed by atoms with Crippen molar-refractivity contribution in [3.8, 4) is 17.2 Å². The van der Waals surface area contributed by atoms with Gasteiger partial charge in [0.15, 0.2) is 0 Å². The minimum absolute atomic E-state index is 0.110. The van der Waals surface area contributed by atoms with E-state index in [4.69, 9.17) is 5.26 Å². The van der Waals surface area contributed by atoms with Gasteiger partial charge in [-0.25, -0.2) is 0 Å². The lowest BCUT2D eigenvalue weighted by molar-refractivity contribution is -0.151. The predicted molar refractivity (Wildman–Crippen MR) is 137 cm³/mol. The monoisotopic (exact) mass is 479 g/mol. The third-order valence-electron chi connectivity index (χ3n) is 7.66. The van der Waals surface area contributed by atoms with Gasteiger partial charge in [0, 0.05) is 25.2 Å². The van der Waals surface area contributed by atoms with Gasteiger partial charge in [-0.15, -0.1) is 0 Å². The highest BCUT2D eigenvalue weighted by Crippen LogP contribution is 2.43. The molecule has 3 aromatic carbocycles. The van der Waals surface area contributed by atoms with Gasteiger partial charge < -0.3 is 14.9 Å². The van der Waals surface area contributed by atoms with Crippen LogP contribution in [-0.2, 0) is 11.2 Å². The molecule has 0 saturated carbocycles. The van der Waals surface area contributed by atoms with Crippen LogP contribution in [0.1, 0.15) is 46.4 Å². The van der Waals surface area contributed by atoms with Crippen LogP contribution in [0.2, 0.25) is 0 Å². The number of carbonyl (C=O) groups is 2. The highest BCUT2D eigenvalue weighted by atomic mass is 16.3. The predicted octanol–water partition coefficient (Wildman–Crippen LogP) is 4.19. The molecule has 1 N–H and O–H groups in total. The Hall–Kier alpha value is -3.95. The average molecular weight is 480 g/mol. The maximum Gasteiger partial charge on any atom is 0.253 e. The molecule has 1 saturated heterocycles. The number of nitriles is 1. The topological polar surface area (TPSA) is 84.6 Å². The molecule has 2 aliphatic heterocycles. The number of hydrogen-bond acceptors (Lipinski definition) is 4. The van der Waals surface area contributed by atoms with E-state index in [0.29, 0.717) is 24.1 Å². The van der Waals surface area contributed by atoms with E-state index >= 15 is 0 Å². The molecular formula is C30H29N3O3. The highest BCUT2D eigenvalue weighted by Gasteiger charge is 2.48. The number of rotatable bonds is 4. The van der Waals surface area contributed by atoms with Crippen molar-refractivity contribution < 1.29 is 14.7 Å². The molecular weight excluding hydrogens is 450 g/mol. The van der Waals surface area contributed by atoms with Gasteiger partial charge in [-0.3, -0.25) is 9.59 Å². The molecule has 1 fully saturated rings. The van der Waals surface area contributed by atoms with E-state index in [0.717, 1.165) is 23.1 Å². The molecule has 0 aromatic heterocycles. The van der Waals surface area contributed by atoms with Crippen LogP contribution in [0.25, 0.3) is 11.1 Å². The van der Waals surface area contributed by atoms with Crippen molar-refractivity contribution in [1.82, 2.24) is 9.80 Å². The summed E-state index contributed by atoms with van der Waals surface area (Å²) in [4.78, 5) is 30.6. The maximum absolute atomic E-state index is 13.7. The first-order valence-corrected chi connectivity index (χ1v) is 12.3. The molecule has 2 heterocycles. The Morgan fingerprint density at radius 3 is 2.47 bits per heavy atom. The fourth-order valence-corrected chi connectivity index (χ4v) is 5.73. The van der Waals surface area contributed by atoms with Crippen LogP contribution >= 0.6 is 0 Å². The van der Waals surface area contributed by atoms with Crippen LogP contribution in [0.5, 0.6) is 0 Å². The number of aliphatic hydroxyl groups excluding tert-OH is 1. The van der Waals surface area contributed by atoms with Gasteiger partial charge in [-0.1, -0.05) is 42.5 Å². The molecule has 6 heteroatoms. The van der Waals surface area contributed by atoms with Gasteiger partial charge in [0.2, 0.25) is 5.91 Å². The molecule has 0 radical (unpaired) electrons. The largest absolute Gasteiger partial charge is 0.393 e. The maximum atomic E-state index is 13.7. The summed E-state index contributed by atoms with van der Waals surface area (Å²) in [5.74, 6) is -1.04. The number of nitrogens with zero attached hydrogens (tertiary/aromatic N) is 3. The Labute approximate surface area is 211 Å². The number of amides is 2. The van der Waals surface area contributed by atoms with Crippen LogP contribution in [0.4, 0.5) is 0 Å². The van der Waals surface area contributed by atoms with E-state index in [-0.39, 0.29) is 17.9 Å². The van der Waals surface area contributed by atoms with Crippen molar-refractivity contribution in [1.29, 1.82) is 5.26 Å². The first-order valence-electron chi connectivity index (χ1n) is 12.3. The molecule has 5 rings (SSSR count). The first-order chi connectivity index (χ1) is 17.4. The third kappa shape index (κ3) is 4.16. The Morgan fingerprint density at radius 1 is 1.08 bits per heavy atom. The Kier molecular flexibility index (Phi) is 6.34. The summed E-state index contributed by atoms with van der Waals surface area (Å²) < 4.78 is 0. The van der Waals surface area contributed by atoms with Crippen molar-refractivity contribution in [3.05, 3.63) is 95.1 Å². The van der Waals surface area contributed by atoms with Crippen LogP contribution in [0.15, 0.2) is 72.8 Å². The van der Waals surface area contributed by atoms with E-state index in [2.05, 4.69) is 36.4 Å². The summed E-state index contributed by atoms with van der Waals surface area (Å²) in [6.45, 7) is 2.23. The molecule has 4 atom stereocenters. The van der Waals surface area contributed by atoms with Crippen molar-refractivity contribution in [2.75, 3.05) is 13.6 Å². The normalized spacial score (nSPS) is 21.7. The second-order valence-electron chi connectivity index (χ2n) is 9.75. The SMILES string of the molecule is C[C@H](O)[C@@H]1C(=O)N2CCc3ccc(-c4ccccc4)cc3[C@@H]2C[C@@H]1N(C)C(=O)c1ccc(C#N)cc1. The molecule has 3 aromatic rings. The molecule has 36 heavy (non-hydrogen) atoms. The molecule has 0 spiro atoms. The zero-order chi connectivity index (χ0) is 25.4. The fourth-order valence-electron chi connectivity index (χ4n) is 5.73. The number of carbonyl (C=O) groups excluding carboxylic acids is 2. The van der Waals surface area contributed by atoms with Crippen molar-refractivity contribution >= 4 is 11.8 Å². The number of hydrogen-bond donors (Lipinski definition) is 1. The summed E-state index contributed by atoms with van der Waals surface area (Å²) >= 11 is 0. The highest BCUT2D eigenvalue weighted by molar-refractivity contribution is 5.95. The second-order valence-corrected chi connectivity index (χ2v) is 9.75. The van der Waals surface area contributed by atoms with Crippen LogP contribution in [-0.4, -0.2) is 52.5 Å². The molecule has 0 aliphatic carbocycles. The van der Waals surface area contributed by atoms with E-state index in [1.807, 2.05) is 23.1 Å². The van der Waals surface area contributed by atoms with Crippen molar-refractivity contribution in [3.63, 3.8) is 0 Å². The minimum atomic E-state index is -0.892. The molecule has 0 bridgehead atoms. The molecule has 182 valence electrons. The van der Waals surface area contributed by atoms with Gasteiger partial charge in [-0.05, 0) is 72.4 Å². The quantitative estimate of drug-likeness (QED) is 0.608. The van der Waals surface area contributed by atoms with Crippen LogP contribution < -0.4 is 0 Å². The van der Waals surface area contributed by atoms with Crippen LogP contribution in [0.3, 0.4) is 0 Å². The van der Waals surface area contributed by atoms with Crippen molar-refractivity contribution in [2.45, 2.75) is 38.0 Å². The minimum Gasteiger partial charge on any atom is -0.393 e. The Balaban J connectivity index is 1.50. The number of fused-ring (bicyclic) bond motifs is 3. The smallest absolute Gasteiger partial charge is 0.253 e. The zero-order valence-electron chi connectivity index (χ0n) is 20.5. The summed E-state index contributed by atoms with van der Waals surface area (Å²) in [6.07, 6.45) is 0.422. The number of piperidine rings is 1. The first kappa shape index (κ1) is 23.8. The molecule has 0 unspecified atom stereocenters. The average Bonchev–Trinajstić information content (AvgIpc) is 2.92. The van der Waals surface area contributed by atoms with Gasteiger partial charge in [0.05, 0.1) is 29.7 Å². The lowest BCUT2D eigenvalue weighted by atomic mass is 9.77. The molecule has 2 aliphatic rings. The van der Waals surface area contributed by atoms with E-state index in [1.165, 1.54) is 5.56 Å². The Morgan fingerprint density at radius 2 is 1.81 bits per heavy atom. The van der Waals surface area contributed by atoms with Gasteiger partial charge >= 0.3 is 0 Å². The van der Waals surface area contributed by atoms with Gasteiger partial charge in [-0.2, -0.15) is 5.26 Å². The van der Waals surface area contributed by atoms with Crippen LogP contribution in [0, 0.1) is 17.2 Å². The Bertz CT molecular complexity index is 1330. The van der Waals surface area contributed by atoms with Gasteiger partial charge in [0.25, 0.3) is 5.91 Å². The van der Waals surface area contributed by atoms with Crippen molar-refractivity contribution in [2.24, 2.45) is 5.92 Å². The second kappa shape index (κ2) is 9.60. The number of aliphatic hydroxyl groups is 1. The zero-order valence-corrected chi connectivity index (χ0v) is 20.5. The van der Waals surface area contributed by atoms with E-state index in [9.17, 15) is 14.7 Å². The fraction of sp³-hybridized carbons (Fsp3) is 0.300. The lowest BCUT2D eigenvalue weighted by Gasteiger charge is -2.49. The summed E-state index contributed by atoms with van der Waals surface area (Å²) in [7, 11) is 1.70. The summed E-state index contributed by atoms with van der Waals surface area (Å²) in [6, 6.07) is 24.6. The van der Waals surface area contributed by atoms with Gasteiger partial charge in [0.1, 0.15) is 0 Å². The summed E-state index contributed by atoms with van der Waals surface area (Å²) in [5.41, 5.74) is 5.48. The standard InChI is InChI=1S/C30H29N3O3/c1-19(34)28-27(32(2)29(35)23-10-8-20(18-31)9-11-23)17-26-25-16-24(21-6-4-3-5-7-21)13-12-22(25)14-15-33(26)30(28)36/h3-13,16,19,26-28,34H,14-15,17H2,1-2H3/t19-,26-,27-,28-/m0/s1.